The Kier molecular flexibility index (Phi) is 5.26. The summed E-state index contributed by atoms with van der Waals surface area (Å²) >= 11 is 0. The third-order valence-corrected chi connectivity index (χ3v) is 2.10. The van der Waals surface area contributed by atoms with Crippen molar-refractivity contribution in [2.75, 3.05) is 7.05 Å². The molecule has 15 heavy (non-hydrogen) atoms. The fraction of sp³-hybridized carbons (Fsp3) is 0.273. The van der Waals surface area contributed by atoms with Crippen molar-refractivity contribution in [2.45, 2.75) is 13.8 Å². The molecule has 0 aromatic rings. The summed E-state index contributed by atoms with van der Waals surface area (Å²) in [6.45, 7) is 10.7. The van der Waals surface area contributed by atoms with Crippen molar-refractivity contribution in [2.24, 2.45) is 10.8 Å². The Bertz CT molecular complexity index is 338. The molecule has 0 unspecified atom stereocenters. The average molecular weight is 207 g/mol. The molecule has 4 nitrogen and oxygen atoms in total. The molecule has 0 fully saturated rings. The lowest BCUT2D eigenvalue weighted by Crippen LogP contribution is -2.25. The summed E-state index contributed by atoms with van der Waals surface area (Å²) in [4.78, 5) is 14.6. The van der Waals surface area contributed by atoms with E-state index in [1.54, 1.807) is 27.0 Å². The highest BCUT2D eigenvalue weighted by Crippen LogP contribution is 2.22. The predicted molar refractivity (Wildman–Crippen MR) is 63.2 cm³/mol. The molecule has 0 aliphatic heterocycles. The van der Waals surface area contributed by atoms with Gasteiger partial charge in [-0.05, 0) is 20.6 Å². The zero-order valence-corrected chi connectivity index (χ0v) is 9.45. The number of hydrogen-bond acceptors (Lipinski definition) is 4. The molecule has 0 atom stereocenters. The van der Waals surface area contributed by atoms with Gasteiger partial charge in [0.1, 0.15) is 6.29 Å². The Morgan fingerprint density at radius 3 is 2.33 bits per heavy atom. The van der Waals surface area contributed by atoms with Crippen LogP contribution in [0, 0.1) is 0 Å². The number of aldehydes is 1. The van der Waals surface area contributed by atoms with E-state index >= 15 is 0 Å². The molecule has 0 heterocycles. The maximum absolute atomic E-state index is 10.9. The number of hydrazine groups is 1. The highest BCUT2D eigenvalue weighted by atomic mass is 16.1. The number of nitrogens with zero attached hydrogens (tertiary/aromatic N) is 2. The summed E-state index contributed by atoms with van der Waals surface area (Å²) in [7, 11) is 1.68. The third-order valence-electron chi connectivity index (χ3n) is 2.10. The van der Waals surface area contributed by atoms with Crippen molar-refractivity contribution in [1.29, 1.82) is 0 Å². The monoisotopic (exact) mass is 207 g/mol. The van der Waals surface area contributed by atoms with Crippen molar-refractivity contribution >= 4 is 13.0 Å². The van der Waals surface area contributed by atoms with Crippen LogP contribution in [-0.4, -0.2) is 25.1 Å². The molecule has 0 aliphatic rings. The lowest BCUT2D eigenvalue weighted by atomic mass is 10.0. The molecule has 82 valence electrons. The fourth-order valence-electron chi connectivity index (χ4n) is 1.11. The minimum atomic E-state index is 0.435. The molecule has 0 amide bonds. The van der Waals surface area contributed by atoms with E-state index in [-0.39, 0.29) is 0 Å². The van der Waals surface area contributed by atoms with Crippen molar-refractivity contribution in [1.82, 2.24) is 5.01 Å². The number of rotatable bonds is 5. The molecule has 0 aliphatic carbocycles. The van der Waals surface area contributed by atoms with Gasteiger partial charge in [-0.3, -0.25) is 9.79 Å². The van der Waals surface area contributed by atoms with E-state index in [9.17, 15) is 4.79 Å². The summed E-state index contributed by atoms with van der Waals surface area (Å²) in [6, 6.07) is 0. The first kappa shape index (κ1) is 13.3. The first-order chi connectivity index (χ1) is 6.99. The summed E-state index contributed by atoms with van der Waals surface area (Å²) < 4.78 is 0. The highest BCUT2D eigenvalue weighted by Gasteiger charge is 2.12. The second kappa shape index (κ2) is 5.93. The maximum Gasteiger partial charge on any atom is 0.150 e. The first-order valence-electron chi connectivity index (χ1n) is 4.46. The lowest BCUT2D eigenvalue weighted by Gasteiger charge is -2.18. The van der Waals surface area contributed by atoms with Crippen LogP contribution in [-0.2, 0) is 4.79 Å². The van der Waals surface area contributed by atoms with E-state index in [0.29, 0.717) is 22.5 Å². The molecular weight excluding hydrogens is 190 g/mol. The van der Waals surface area contributed by atoms with Crippen LogP contribution in [0.15, 0.2) is 40.2 Å². The van der Waals surface area contributed by atoms with Gasteiger partial charge in [-0.2, -0.15) is 0 Å². The molecule has 0 bridgehead atoms. The summed E-state index contributed by atoms with van der Waals surface area (Å²) in [5.41, 5.74) is 2.27. The topological polar surface area (TPSA) is 58.7 Å². The van der Waals surface area contributed by atoms with Crippen LogP contribution < -0.4 is 5.84 Å². The van der Waals surface area contributed by atoms with Crippen LogP contribution in [0.25, 0.3) is 0 Å². The van der Waals surface area contributed by atoms with Crippen molar-refractivity contribution < 1.29 is 4.79 Å². The van der Waals surface area contributed by atoms with E-state index in [1.165, 1.54) is 5.01 Å². The fourth-order valence-corrected chi connectivity index (χ4v) is 1.11. The third kappa shape index (κ3) is 3.18. The Hall–Kier alpha value is -1.68. The van der Waals surface area contributed by atoms with Gasteiger partial charge in [0, 0.05) is 23.9 Å². The number of allylic oxidation sites excluding steroid dienone is 3. The van der Waals surface area contributed by atoms with Gasteiger partial charge in [0.15, 0.2) is 0 Å². The average Bonchev–Trinajstić information content (AvgIpc) is 2.23. The highest BCUT2D eigenvalue weighted by molar-refractivity contribution is 5.83. The van der Waals surface area contributed by atoms with E-state index in [1.807, 2.05) is 0 Å². The first-order valence-corrected chi connectivity index (χ1v) is 4.46. The van der Waals surface area contributed by atoms with E-state index < -0.39 is 0 Å². The van der Waals surface area contributed by atoms with Crippen LogP contribution in [0.1, 0.15) is 13.8 Å². The predicted octanol–water partition coefficient (Wildman–Crippen LogP) is 1.43. The van der Waals surface area contributed by atoms with Gasteiger partial charge >= 0.3 is 0 Å². The van der Waals surface area contributed by atoms with Gasteiger partial charge in [-0.15, -0.1) is 0 Å². The quantitative estimate of drug-likeness (QED) is 0.185. The molecule has 0 aromatic carbocycles. The number of hydrogen-bond donors (Lipinski definition) is 1. The van der Waals surface area contributed by atoms with Gasteiger partial charge in [0.2, 0.25) is 0 Å². The minimum Gasteiger partial charge on any atom is -0.318 e. The number of nitrogens with two attached hydrogens (primary N) is 1. The SMILES string of the molecule is C=NC(=C)C(=C(/C)N(C)N)/C(C=O)=C\C. The maximum atomic E-state index is 10.9. The van der Waals surface area contributed by atoms with Crippen molar-refractivity contribution in [3.05, 3.63) is 35.2 Å². The molecule has 2 N–H and O–H groups in total. The van der Waals surface area contributed by atoms with Crippen LogP contribution >= 0.6 is 0 Å². The molecule has 0 aromatic heterocycles. The standard InChI is InChI=1S/C11H17N3O/c1-6-10(7-15)11(8(2)13-4)9(3)14(5)12/h6-7H,2,4,12H2,1,3,5H3/b10-6-,11-9+. The van der Waals surface area contributed by atoms with Crippen LogP contribution in [0.2, 0.25) is 0 Å². The lowest BCUT2D eigenvalue weighted by molar-refractivity contribution is -0.104. The van der Waals surface area contributed by atoms with Crippen LogP contribution in [0.3, 0.4) is 0 Å². The Labute approximate surface area is 90.4 Å². The molecule has 0 saturated heterocycles. The van der Waals surface area contributed by atoms with Crippen molar-refractivity contribution in [3.8, 4) is 0 Å². The van der Waals surface area contributed by atoms with Gasteiger partial charge in [0.05, 0.1) is 5.70 Å². The van der Waals surface area contributed by atoms with E-state index in [4.69, 9.17) is 5.84 Å². The van der Waals surface area contributed by atoms with Gasteiger partial charge < -0.3 is 5.01 Å². The van der Waals surface area contributed by atoms with Crippen LogP contribution in [0.5, 0.6) is 0 Å². The number of aliphatic imine (C=N–C) groups is 1. The van der Waals surface area contributed by atoms with Gasteiger partial charge in [-0.1, -0.05) is 12.7 Å². The second-order valence-electron chi connectivity index (χ2n) is 3.04. The normalized spacial score (nSPS) is 12.9. The van der Waals surface area contributed by atoms with Crippen molar-refractivity contribution in [3.63, 3.8) is 0 Å². The smallest absolute Gasteiger partial charge is 0.150 e. The Morgan fingerprint density at radius 1 is 1.53 bits per heavy atom. The molecule has 0 spiro atoms. The number of carbonyl (C=O) groups is 1. The van der Waals surface area contributed by atoms with Crippen LogP contribution in [0.4, 0.5) is 0 Å². The van der Waals surface area contributed by atoms with Gasteiger partial charge in [0.25, 0.3) is 0 Å². The van der Waals surface area contributed by atoms with E-state index in [2.05, 4.69) is 18.3 Å². The molecule has 4 heteroatoms. The Balaban J connectivity index is 5.62. The molecular formula is C11H17N3O. The summed E-state index contributed by atoms with van der Waals surface area (Å²) in [5.74, 6) is 5.61. The molecule has 0 saturated carbocycles. The zero-order valence-electron chi connectivity index (χ0n) is 9.45. The Morgan fingerprint density at radius 2 is 2.07 bits per heavy atom. The minimum absolute atomic E-state index is 0.435. The second-order valence-corrected chi connectivity index (χ2v) is 3.04. The molecule has 0 radical (unpaired) electrons. The zero-order chi connectivity index (χ0) is 12.0. The number of carbonyl (C=O) groups excluding carboxylic acids is 1. The summed E-state index contributed by atoms with van der Waals surface area (Å²) in [5, 5.41) is 1.42. The molecule has 0 rings (SSSR count). The largest absolute Gasteiger partial charge is 0.318 e. The van der Waals surface area contributed by atoms with E-state index in [0.717, 1.165) is 6.29 Å². The summed E-state index contributed by atoms with van der Waals surface area (Å²) in [6.07, 6.45) is 2.43. The van der Waals surface area contributed by atoms with Gasteiger partial charge in [-0.25, -0.2) is 5.84 Å².